The maximum absolute atomic E-state index is 5.34. The Kier molecular flexibility index (Phi) is 7.03. The van der Waals surface area contributed by atoms with Gasteiger partial charge in [0.2, 0.25) is 0 Å². The van der Waals surface area contributed by atoms with Gasteiger partial charge in [-0.15, -0.1) is 11.3 Å². The van der Waals surface area contributed by atoms with Gasteiger partial charge in [-0.3, -0.25) is 0 Å². The monoisotopic (exact) mass is 630 g/mol. The first-order valence-corrected chi connectivity index (χ1v) is 17.0. The van der Waals surface area contributed by atoms with Crippen LogP contribution in [-0.4, -0.2) is 4.98 Å². The number of benzene rings is 8. The molecule has 0 amide bonds. The number of aromatic nitrogens is 1. The zero-order chi connectivity index (χ0) is 31.9. The van der Waals surface area contributed by atoms with Crippen molar-refractivity contribution in [3.63, 3.8) is 0 Å². The lowest BCUT2D eigenvalue weighted by atomic mass is 9.89. The van der Waals surface area contributed by atoms with E-state index in [9.17, 15) is 0 Å². The smallest absolute Gasteiger partial charge is 0.124 e. The number of hydrogen-bond donors (Lipinski definition) is 0. The maximum Gasteiger partial charge on any atom is 0.124 e. The number of thiazole rings is 1. The first-order valence-electron chi connectivity index (χ1n) is 16.2. The van der Waals surface area contributed by atoms with Gasteiger partial charge in [0.15, 0.2) is 0 Å². The highest BCUT2D eigenvalue weighted by molar-refractivity contribution is 7.22. The summed E-state index contributed by atoms with van der Waals surface area (Å²) in [5.74, 6) is 0. The first kappa shape index (κ1) is 28.2. The van der Waals surface area contributed by atoms with Gasteiger partial charge in [0.05, 0.1) is 10.2 Å². The summed E-state index contributed by atoms with van der Waals surface area (Å²) in [5.41, 5.74) is 10.4. The minimum atomic E-state index is 1.02. The average Bonchev–Trinajstić information content (AvgIpc) is 3.63. The molecule has 3 heteroatoms. The molecule has 1 heterocycles. The molecule has 8 aromatic carbocycles. The van der Waals surface area contributed by atoms with Gasteiger partial charge in [0.25, 0.3) is 0 Å². The van der Waals surface area contributed by atoms with E-state index in [-0.39, 0.29) is 0 Å². The predicted molar refractivity (Wildman–Crippen MR) is 206 cm³/mol. The van der Waals surface area contributed by atoms with Crippen LogP contribution in [0.2, 0.25) is 0 Å². The molecule has 48 heavy (non-hydrogen) atoms. The van der Waals surface area contributed by atoms with Gasteiger partial charge in [-0.05, 0) is 93.7 Å². The van der Waals surface area contributed by atoms with E-state index in [1.807, 2.05) is 0 Å². The quantitative estimate of drug-likeness (QED) is 0.170. The summed E-state index contributed by atoms with van der Waals surface area (Å²) in [6.45, 7) is 0. The topological polar surface area (TPSA) is 16.1 Å². The molecular weight excluding hydrogens is 601 g/mol. The van der Waals surface area contributed by atoms with Crippen LogP contribution in [0.4, 0.5) is 17.1 Å². The van der Waals surface area contributed by atoms with Crippen LogP contribution in [-0.2, 0) is 0 Å². The summed E-state index contributed by atoms with van der Waals surface area (Å²) in [5, 5.41) is 5.93. The normalized spacial score (nSPS) is 11.3. The molecule has 0 saturated carbocycles. The first-order chi connectivity index (χ1) is 23.8. The zero-order valence-corrected chi connectivity index (χ0v) is 26.9. The summed E-state index contributed by atoms with van der Waals surface area (Å²) in [4.78, 5) is 7.63. The summed E-state index contributed by atoms with van der Waals surface area (Å²) in [6.07, 6.45) is 0. The Morgan fingerprint density at radius 1 is 0.375 bits per heavy atom. The minimum absolute atomic E-state index is 1.02. The van der Waals surface area contributed by atoms with Crippen LogP contribution in [0.3, 0.4) is 0 Å². The standard InChI is InChI=1S/C45H30N2S/c1-5-15-31(16-6-1)39-29-41-37-23-13-14-24-38(37)43-44(42(41)30-40(39)32-17-7-2-8-18-32)48-45(46-43)33-25-27-36(28-26-33)47(34-19-9-3-10-20-34)35-21-11-4-12-22-35/h1-30H. The van der Waals surface area contributed by atoms with E-state index in [1.54, 1.807) is 11.3 Å². The molecule has 9 rings (SSSR count). The van der Waals surface area contributed by atoms with Gasteiger partial charge in [-0.2, -0.15) is 0 Å². The summed E-state index contributed by atoms with van der Waals surface area (Å²) >= 11 is 1.78. The minimum Gasteiger partial charge on any atom is -0.311 e. The fraction of sp³-hybridized carbons (Fsp3) is 0. The number of hydrogen-bond acceptors (Lipinski definition) is 3. The fourth-order valence-corrected chi connectivity index (χ4v) is 7.93. The number of para-hydroxylation sites is 2. The van der Waals surface area contributed by atoms with Crippen LogP contribution >= 0.6 is 11.3 Å². The van der Waals surface area contributed by atoms with Gasteiger partial charge in [-0.25, -0.2) is 4.98 Å². The highest BCUT2D eigenvalue weighted by Gasteiger charge is 2.19. The van der Waals surface area contributed by atoms with Crippen LogP contribution in [0.1, 0.15) is 0 Å². The Labute approximate surface area is 283 Å². The van der Waals surface area contributed by atoms with Crippen molar-refractivity contribution in [2.75, 3.05) is 4.90 Å². The lowest BCUT2D eigenvalue weighted by Gasteiger charge is -2.25. The molecule has 9 aromatic rings. The van der Waals surface area contributed by atoms with E-state index in [2.05, 4.69) is 187 Å². The van der Waals surface area contributed by atoms with Crippen molar-refractivity contribution in [3.8, 4) is 32.8 Å². The summed E-state index contributed by atoms with van der Waals surface area (Å²) in [6, 6.07) is 64.9. The second kappa shape index (κ2) is 12.0. The molecule has 2 nitrogen and oxygen atoms in total. The molecule has 0 saturated heterocycles. The van der Waals surface area contributed by atoms with E-state index in [0.717, 1.165) is 33.1 Å². The molecule has 0 radical (unpaired) electrons. The molecular formula is C45H30N2S. The van der Waals surface area contributed by atoms with Crippen LogP contribution in [0.15, 0.2) is 182 Å². The molecule has 1 aromatic heterocycles. The molecule has 0 aliphatic rings. The van der Waals surface area contributed by atoms with Crippen molar-refractivity contribution < 1.29 is 0 Å². The molecule has 0 bridgehead atoms. The van der Waals surface area contributed by atoms with Crippen molar-refractivity contribution in [1.29, 1.82) is 0 Å². The van der Waals surface area contributed by atoms with E-state index < -0.39 is 0 Å². The number of rotatable bonds is 6. The Morgan fingerprint density at radius 2 is 0.833 bits per heavy atom. The van der Waals surface area contributed by atoms with Crippen molar-refractivity contribution in [2.24, 2.45) is 0 Å². The molecule has 0 unspecified atom stereocenters. The number of anilines is 3. The lowest BCUT2D eigenvalue weighted by Crippen LogP contribution is -2.09. The Hall–Kier alpha value is -6.03. The molecule has 0 spiro atoms. The highest BCUT2D eigenvalue weighted by atomic mass is 32.1. The average molecular weight is 631 g/mol. The van der Waals surface area contributed by atoms with Crippen molar-refractivity contribution in [1.82, 2.24) is 4.98 Å². The zero-order valence-electron chi connectivity index (χ0n) is 26.1. The molecule has 226 valence electrons. The van der Waals surface area contributed by atoms with E-state index in [0.29, 0.717) is 0 Å². The van der Waals surface area contributed by atoms with Crippen LogP contribution < -0.4 is 4.90 Å². The molecule has 0 aliphatic heterocycles. The summed E-state index contributed by atoms with van der Waals surface area (Å²) < 4.78 is 1.22. The van der Waals surface area contributed by atoms with Gasteiger partial charge >= 0.3 is 0 Å². The van der Waals surface area contributed by atoms with Crippen LogP contribution in [0.25, 0.3) is 64.6 Å². The summed E-state index contributed by atoms with van der Waals surface area (Å²) in [7, 11) is 0. The number of fused-ring (bicyclic) bond motifs is 6. The van der Waals surface area contributed by atoms with Crippen LogP contribution in [0.5, 0.6) is 0 Å². The second-order valence-electron chi connectivity index (χ2n) is 12.0. The van der Waals surface area contributed by atoms with Gasteiger partial charge < -0.3 is 4.90 Å². The predicted octanol–water partition coefficient (Wildman–Crippen LogP) is 13.1. The Morgan fingerprint density at radius 3 is 1.40 bits per heavy atom. The second-order valence-corrected chi connectivity index (χ2v) is 13.0. The van der Waals surface area contributed by atoms with E-state index in [1.165, 1.54) is 48.5 Å². The van der Waals surface area contributed by atoms with E-state index in [4.69, 9.17) is 4.98 Å². The van der Waals surface area contributed by atoms with Gasteiger partial charge in [-0.1, -0.05) is 121 Å². The Bertz CT molecular complexity index is 2480. The van der Waals surface area contributed by atoms with E-state index >= 15 is 0 Å². The number of nitrogens with zero attached hydrogens (tertiary/aromatic N) is 2. The largest absolute Gasteiger partial charge is 0.311 e. The highest BCUT2D eigenvalue weighted by Crippen LogP contribution is 2.45. The molecule has 0 atom stereocenters. The van der Waals surface area contributed by atoms with Crippen molar-refractivity contribution in [2.45, 2.75) is 0 Å². The van der Waals surface area contributed by atoms with Gasteiger partial charge in [0, 0.05) is 33.4 Å². The third-order valence-electron chi connectivity index (χ3n) is 9.07. The van der Waals surface area contributed by atoms with Gasteiger partial charge in [0.1, 0.15) is 5.01 Å². The third kappa shape index (κ3) is 4.93. The molecule has 0 aliphatic carbocycles. The maximum atomic E-state index is 5.34. The SMILES string of the molecule is c1ccc(-c2cc3c4ccccc4c4nc(-c5ccc(N(c6ccccc6)c6ccccc6)cc5)sc4c3cc2-c2ccccc2)cc1. The Balaban J connectivity index is 1.23. The van der Waals surface area contributed by atoms with Crippen LogP contribution in [0, 0.1) is 0 Å². The van der Waals surface area contributed by atoms with Crippen molar-refractivity contribution in [3.05, 3.63) is 182 Å². The van der Waals surface area contributed by atoms with Crippen molar-refractivity contribution >= 4 is 60.2 Å². The third-order valence-corrected chi connectivity index (χ3v) is 10.2. The molecule has 0 fully saturated rings. The lowest BCUT2D eigenvalue weighted by molar-refractivity contribution is 1.28. The molecule has 0 N–H and O–H groups in total. The fourth-order valence-electron chi connectivity index (χ4n) is 6.81.